The molecule has 2 aromatic rings. The third-order valence-corrected chi connectivity index (χ3v) is 5.60. The van der Waals surface area contributed by atoms with Crippen LogP contribution in [0.5, 0.6) is 5.75 Å². The van der Waals surface area contributed by atoms with Gasteiger partial charge in [0.15, 0.2) is 0 Å². The quantitative estimate of drug-likeness (QED) is 0.464. The third kappa shape index (κ3) is 3.42. The lowest BCUT2D eigenvalue weighted by Crippen LogP contribution is -2.03. The average molecular weight is 453 g/mol. The summed E-state index contributed by atoms with van der Waals surface area (Å²) >= 11 is 19.9. The van der Waals surface area contributed by atoms with E-state index in [2.05, 4.69) is 31.9 Å². The highest BCUT2D eigenvalue weighted by atomic mass is 79.9. The van der Waals surface area contributed by atoms with Crippen LogP contribution < -0.4 is 4.74 Å². The molecule has 112 valence electrons. The molecule has 0 radical (unpaired) electrons. The number of ether oxygens (including phenoxy) is 1. The molecule has 0 spiro atoms. The van der Waals surface area contributed by atoms with Crippen molar-refractivity contribution in [3.8, 4) is 5.75 Å². The molecule has 0 N–H and O–H groups in total. The second-order valence-electron chi connectivity index (χ2n) is 4.78. The Bertz CT molecular complexity index is 686. The molecule has 0 aliphatic carbocycles. The summed E-state index contributed by atoms with van der Waals surface area (Å²) in [7, 11) is 1.67. The molecule has 0 fully saturated rings. The fourth-order valence-electron chi connectivity index (χ4n) is 2.31. The molecule has 0 heterocycles. The smallest absolute Gasteiger partial charge is 0.127 e. The van der Waals surface area contributed by atoms with E-state index in [1.54, 1.807) is 7.11 Å². The van der Waals surface area contributed by atoms with E-state index in [9.17, 15) is 0 Å². The lowest BCUT2D eigenvalue weighted by Gasteiger charge is -2.21. The fourth-order valence-corrected chi connectivity index (χ4v) is 4.37. The molecule has 1 nitrogen and oxygen atoms in total. The van der Waals surface area contributed by atoms with Crippen molar-refractivity contribution in [1.29, 1.82) is 0 Å². The Kier molecular flexibility index (Phi) is 5.64. The Balaban J connectivity index is 2.65. The predicted molar refractivity (Wildman–Crippen MR) is 97.0 cm³/mol. The molecule has 21 heavy (non-hydrogen) atoms. The summed E-state index contributed by atoms with van der Waals surface area (Å²) in [6.07, 6.45) is 0. The van der Waals surface area contributed by atoms with E-state index in [4.69, 9.17) is 27.9 Å². The lowest BCUT2D eigenvalue weighted by molar-refractivity contribution is 0.406. The first-order valence-corrected chi connectivity index (χ1v) is 8.69. The zero-order valence-electron chi connectivity index (χ0n) is 11.8. The maximum Gasteiger partial charge on any atom is 0.127 e. The van der Waals surface area contributed by atoms with Crippen LogP contribution in [0.15, 0.2) is 33.2 Å². The van der Waals surface area contributed by atoms with Crippen LogP contribution in [0.25, 0.3) is 0 Å². The van der Waals surface area contributed by atoms with Crippen LogP contribution in [-0.2, 0) is 0 Å². The van der Waals surface area contributed by atoms with E-state index in [-0.39, 0.29) is 5.38 Å². The second-order valence-corrected chi connectivity index (χ2v) is 7.36. The molecule has 5 heteroatoms. The predicted octanol–water partition coefficient (Wildman–Crippen LogP) is 6.82. The van der Waals surface area contributed by atoms with Crippen molar-refractivity contribution < 1.29 is 4.74 Å². The minimum atomic E-state index is -0.331. The van der Waals surface area contributed by atoms with Crippen molar-refractivity contribution in [3.63, 3.8) is 0 Å². The van der Waals surface area contributed by atoms with Gasteiger partial charge in [0.2, 0.25) is 0 Å². The van der Waals surface area contributed by atoms with E-state index in [0.717, 1.165) is 36.9 Å². The summed E-state index contributed by atoms with van der Waals surface area (Å²) in [5, 5.41) is 0.339. The summed E-state index contributed by atoms with van der Waals surface area (Å²) in [4.78, 5) is 0. The highest BCUT2D eigenvalue weighted by molar-refractivity contribution is 9.10. The average Bonchev–Trinajstić information content (AvgIpc) is 2.41. The van der Waals surface area contributed by atoms with Crippen LogP contribution in [0.1, 0.15) is 27.6 Å². The molecular formula is C16H14Br2Cl2O. The Morgan fingerprint density at radius 1 is 1.10 bits per heavy atom. The number of alkyl halides is 1. The summed E-state index contributed by atoms with van der Waals surface area (Å²) < 4.78 is 7.47. The molecule has 1 unspecified atom stereocenters. The summed E-state index contributed by atoms with van der Waals surface area (Å²) in [5.74, 6) is 0.817. The molecule has 0 bridgehead atoms. The molecule has 0 aliphatic rings. The Morgan fingerprint density at radius 2 is 1.76 bits per heavy atom. The molecular weight excluding hydrogens is 439 g/mol. The van der Waals surface area contributed by atoms with E-state index >= 15 is 0 Å². The van der Waals surface area contributed by atoms with Gasteiger partial charge >= 0.3 is 0 Å². The molecule has 0 saturated carbocycles. The first kappa shape index (κ1) is 17.1. The number of hydrogen-bond donors (Lipinski definition) is 0. The van der Waals surface area contributed by atoms with Gasteiger partial charge in [-0.1, -0.05) is 49.5 Å². The minimum Gasteiger partial charge on any atom is -0.496 e. The summed E-state index contributed by atoms with van der Waals surface area (Å²) in [6.45, 7) is 4.04. The molecule has 0 amide bonds. The topological polar surface area (TPSA) is 9.23 Å². The highest BCUT2D eigenvalue weighted by Crippen LogP contribution is 2.44. The van der Waals surface area contributed by atoms with Crippen molar-refractivity contribution in [2.45, 2.75) is 19.2 Å². The molecule has 0 aliphatic heterocycles. The number of hydrogen-bond acceptors (Lipinski definition) is 1. The summed E-state index contributed by atoms with van der Waals surface area (Å²) in [6, 6.07) is 7.65. The number of benzene rings is 2. The van der Waals surface area contributed by atoms with Gasteiger partial charge in [0, 0.05) is 19.5 Å². The van der Waals surface area contributed by atoms with Crippen LogP contribution >= 0.6 is 55.1 Å². The zero-order valence-corrected chi connectivity index (χ0v) is 16.5. The van der Waals surface area contributed by atoms with E-state index in [1.807, 2.05) is 38.1 Å². The second kappa shape index (κ2) is 6.91. The highest BCUT2D eigenvalue weighted by Gasteiger charge is 2.23. The lowest BCUT2D eigenvalue weighted by atomic mass is 9.96. The standard InChI is InChI=1S/C16H14Br2Cl2O/c1-8-6-12(17)9(2)14(16(8)21-3)15(20)11-5-4-10(19)7-13(11)18/h4-7,15H,1-3H3. The molecule has 0 saturated heterocycles. The monoisotopic (exact) mass is 450 g/mol. The van der Waals surface area contributed by atoms with Crippen molar-refractivity contribution in [2.75, 3.05) is 7.11 Å². The Hall–Kier alpha value is -0.220. The largest absolute Gasteiger partial charge is 0.496 e. The van der Waals surface area contributed by atoms with Crippen molar-refractivity contribution in [3.05, 3.63) is 60.5 Å². The van der Waals surface area contributed by atoms with Crippen LogP contribution in [-0.4, -0.2) is 7.11 Å². The van der Waals surface area contributed by atoms with Gasteiger partial charge in [-0.2, -0.15) is 0 Å². The van der Waals surface area contributed by atoms with Gasteiger partial charge in [-0.25, -0.2) is 0 Å². The van der Waals surface area contributed by atoms with E-state index in [0.29, 0.717) is 5.02 Å². The summed E-state index contributed by atoms with van der Waals surface area (Å²) in [5.41, 5.74) is 4.04. The van der Waals surface area contributed by atoms with E-state index in [1.165, 1.54) is 0 Å². The van der Waals surface area contributed by atoms with Gasteiger partial charge in [-0.3, -0.25) is 0 Å². The van der Waals surface area contributed by atoms with E-state index < -0.39 is 0 Å². The van der Waals surface area contributed by atoms with Crippen LogP contribution in [0.4, 0.5) is 0 Å². The van der Waals surface area contributed by atoms with Gasteiger partial charge in [-0.05, 0) is 48.7 Å². The molecule has 2 aromatic carbocycles. The van der Waals surface area contributed by atoms with Crippen LogP contribution in [0.2, 0.25) is 5.02 Å². The maximum absolute atomic E-state index is 6.75. The first-order chi connectivity index (χ1) is 9.86. The van der Waals surface area contributed by atoms with Gasteiger partial charge in [0.25, 0.3) is 0 Å². The first-order valence-electron chi connectivity index (χ1n) is 6.29. The van der Waals surface area contributed by atoms with Gasteiger partial charge in [0.1, 0.15) is 5.75 Å². The SMILES string of the molecule is COc1c(C)cc(Br)c(C)c1C(Cl)c1ccc(Cl)cc1Br. The zero-order chi connectivity index (χ0) is 15.7. The van der Waals surface area contributed by atoms with Gasteiger partial charge < -0.3 is 4.74 Å². The number of rotatable bonds is 3. The number of aryl methyl sites for hydroxylation is 1. The Labute approximate surface area is 151 Å². The van der Waals surface area contributed by atoms with Gasteiger partial charge in [0.05, 0.1) is 12.5 Å². The van der Waals surface area contributed by atoms with Crippen molar-refractivity contribution >= 4 is 55.1 Å². The third-order valence-electron chi connectivity index (χ3n) is 3.40. The normalized spacial score (nSPS) is 12.3. The van der Waals surface area contributed by atoms with Gasteiger partial charge in [-0.15, -0.1) is 11.6 Å². The maximum atomic E-state index is 6.75. The minimum absolute atomic E-state index is 0.331. The Morgan fingerprint density at radius 3 is 2.33 bits per heavy atom. The molecule has 1 atom stereocenters. The molecule has 2 rings (SSSR count). The molecule has 0 aromatic heterocycles. The van der Waals surface area contributed by atoms with Crippen molar-refractivity contribution in [2.24, 2.45) is 0 Å². The number of halogens is 4. The number of methoxy groups -OCH3 is 1. The van der Waals surface area contributed by atoms with Crippen LogP contribution in [0.3, 0.4) is 0 Å². The van der Waals surface area contributed by atoms with Crippen LogP contribution in [0, 0.1) is 13.8 Å². The fraction of sp³-hybridized carbons (Fsp3) is 0.250. The van der Waals surface area contributed by atoms with Crippen molar-refractivity contribution in [1.82, 2.24) is 0 Å².